The molecule has 3 rings (SSSR count). The van der Waals surface area contributed by atoms with E-state index >= 15 is 0 Å². The van der Waals surface area contributed by atoms with E-state index in [-0.39, 0.29) is 21.7 Å². The molecule has 130 valence electrons. The van der Waals surface area contributed by atoms with Crippen LogP contribution in [-0.4, -0.2) is 27.5 Å². The maximum atomic E-state index is 13.1. The van der Waals surface area contributed by atoms with Crippen molar-refractivity contribution in [2.24, 2.45) is 0 Å². The molecule has 25 heavy (non-hydrogen) atoms. The van der Waals surface area contributed by atoms with Crippen LogP contribution < -0.4 is 4.90 Å². The monoisotopic (exact) mass is 380 g/mol. The van der Waals surface area contributed by atoms with Gasteiger partial charge in [-0.25, -0.2) is 12.8 Å². The molecule has 1 heterocycles. The van der Waals surface area contributed by atoms with Gasteiger partial charge in [0.05, 0.1) is 4.90 Å². The van der Waals surface area contributed by atoms with Gasteiger partial charge in [-0.3, -0.25) is 0 Å². The van der Waals surface area contributed by atoms with E-state index in [1.807, 2.05) is 0 Å². The lowest BCUT2D eigenvalue weighted by molar-refractivity contribution is 0.564. The molecule has 0 aliphatic heterocycles. The summed E-state index contributed by atoms with van der Waals surface area (Å²) in [5.41, 5.74) is 0.474. The Morgan fingerprint density at radius 3 is 2.20 bits per heavy atom. The largest absolute Gasteiger partial charge is 0.419 e. The number of hydrogen-bond acceptors (Lipinski definition) is 5. The molecule has 0 aliphatic rings. The van der Waals surface area contributed by atoms with Gasteiger partial charge in [0, 0.05) is 24.7 Å². The average Bonchev–Trinajstić information content (AvgIpc) is 3.02. The zero-order valence-electron chi connectivity index (χ0n) is 13.4. The molecular formula is C17H14ClFN2O3S. The minimum Gasteiger partial charge on any atom is -0.419 e. The highest BCUT2D eigenvalue weighted by Gasteiger charge is 2.29. The third-order valence-electron chi connectivity index (χ3n) is 3.46. The molecule has 2 aromatic carbocycles. The van der Waals surface area contributed by atoms with Gasteiger partial charge in [-0.2, -0.15) is 4.98 Å². The summed E-state index contributed by atoms with van der Waals surface area (Å²) >= 11 is 5.82. The van der Waals surface area contributed by atoms with Crippen LogP contribution in [0.15, 0.2) is 62.9 Å². The number of halogens is 2. The first kappa shape index (κ1) is 17.4. The van der Waals surface area contributed by atoms with E-state index in [1.165, 1.54) is 53.4 Å². The first-order valence-electron chi connectivity index (χ1n) is 7.24. The van der Waals surface area contributed by atoms with Crippen LogP contribution in [0.4, 0.5) is 10.3 Å². The Morgan fingerprint density at radius 1 is 1.04 bits per heavy atom. The number of hydrogen-bond donors (Lipinski definition) is 0. The van der Waals surface area contributed by atoms with Crippen molar-refractivity contribution in [3.8, 4) is 11.5 Å². The predicted octanol–water partition coefficient (Wildman–Crippen LogP) is 4.03. The van der Waals surface area contributed by atoms with Gasteiger partial charge in [-0.1, -0.05) is 11.6 Å². The first-order valence-corrected chi connectivity index (χ1v) is 9.10. The Hall–Kier alpha value is -2.38. The minimum absolute atomic E-state index is 0.0546. The molecule has 1 aromatic heterocycles. The zero-order valence-corrected chi connectivity index (χ0v) is 15.0. The molecule has 0 saturated heterocycles. The second kappa shape index (κ2) is 6.50. The normalized spacial score (nSPS) is 11.5. The summed E-state index contributed by atoms with van der Waals surface area (Å²) in [5, 5.41) is 0.220. The number of sulfone groups is 1. The van der Waals surface area contributed by atoms with E-state index in [0.717, 1.165) is 0 Å². The Morgan fingerprint density at radius 2 is 1.64 bits per heavy atom. The summed E-state index contributed by atoms with van der Waals surface area (Å²) in [6.07, 6.45) is 0. The summed E-state index contributed by atoms with van der Waals surface area (Å²) in [5.74, 6) is -0.220. The number of oxazole rings is 1. The highest BCUT2D eigenvalue weighted by atomic mass is 35.5. The van der Waals surface area contributed by atoms with Crippen LogP contribution >= 0.6 is 11.6 Å². The molecule has 3 aromatic rings. The SMILES string of the molecule is CN(C)c1oc(-c2ccc(F)cc2)nc1S(=O)(=O)c1ccc(Cl)cc1. The quantitative estimate of drug-likeness (QED) is 0.683. The van der Waals surface area contributed by atoms with Crippen molar-refractivity contribution in [2.75, 3.05) is 19.0 Å². The molecule has 5 nitrogen and oxygen atoms in total. The fraction of sp³-hybridized carbons (Fsp3) is 0.118. The number of nitrogens with zero attached hydrogens (tertiary/aromatic N) is 2. The standard InChI is InChI=1S/C17H14ClFN2O3S/c1-21(2)17-16(25(22,23)14-9-5-12(18)6-10-14)20-15(24-17)11-3-7-13(19)8-4-11/h3-10H,1-2H3. The summed E-state index contributed by atoms with van der Waals surface area (Å²) in [7, 11) is -0.609. The summed E-state index contributed by atoms with van der Waals surface area (Å²) in [6.45, 7) is 0. The molecule has 0 saturated carbocycles. The minimum atomic E-state index is -3.91. The lowest BCUT2D eigenvalue weighted by Gasteiger charge is -2.10. The van der Waals surface area contributed by atoms with E-state index in [9.17, 15) is 12.8 Å². The highest BCUT2D eigenvalue weighted by molar-refractivity contribution is 7.91. The Labute approximate surface area is 149 Å². The van der Waals surface area contributed by atoms with Gasteiger partial charge in [0.1, 0.15) is 5.82 Å². The Balaban J connectivity index is 2.14. The van der Waals surface area contributed by atoms with Gasteiger partial charge in [0.25, 0.3) is 0 Å². The zero-order chi connectivity index (χ0) is 18.2. The molecule has 0 fully saturated rings. The lowest BCUT2D eigenvalue weighted by atomic mass is 10.2. The Bertz CT molecular complexity index is 997. The van der Waals surface area contributed by atoms with Crippen LogP contribution in [0, 0.1) is 5.82 Å². The van der Waals surface area contributed by atoms with Crippen LogP contribution in [0.1, 0.15) is 0 Å². The summed E-state index contributed by atoms with van der Waals surface area (Å²) in [4.78, 5) is 5.72. The number of rotatable bonds is 4. The third kappa shape index (κ3) is 3.38. The van der Waals surface area contributed by atoms with E-state index in [2.05, 4.69) is 4.98 Å². The molecular weight excluding hydrogens is 367 g/mol. The maximum Gasteiger partial charge on any atom is 0.235 e. The molecule has 0 amide bonds. The van der Waals surface area contributed by atoms with Crippen LogP contribution in [0.2, 0.25) is 5.02 Å². The number of benzene rings is 2. The number of anilines is 1. The van der Waals surface area contributed by atoms with Gasteiger partial charge >= 0.3 is 0 Å². The van der Waals surface area contributed by atoms with Gasteiger partial charge in [0.15, 0.2) is 0 Å². The van der Waals surface area contributed by atoms with E-state index in [0.29, 0.717) is 10.6 Å². The smallest absolute Gasteiger partial charge is 0.235 e. The van der Waals surface area contributed by atoms with Gasteiger partial charge in [-0.05, 0) is 48.5 Å². The molecule has 0 N–H and O–H groups in total. The second-order valence-electron chi connectivity index (χ2n) is 5.49. The Kier molecular flexibility index (Phi) is 4.53. The van der Waals surface area contributed by atoms with Gasteiger partial charge in [-0.15, -0.1) is 0 Å². The van der Waals surface area contributed by atoms with Crippen molar-refractivity contribution < 1.29 is 17.2 Å². The predicted molar refractivity (Wildman–Crippen MR) is 93.1 cm³/mol. The van der Waals surface area contributed by atoms with Crippen molar-refractivity contribution in [1.29, 1.82) is 0 Å². The van der Waals surface area contributed by atoms with E-state index in [1.54, 1.807) is 14.1 Å². The molecule has 0 spiro atoms. The van der Waals surface area contributed by atoms with Gasteiger partial charge in [0.2, 0.25) is 26.6 Å². The van der Waals surface area contributed by atoms with Crippen LogP contribution in [0.5, 0.6) is 0 Å². The summed E-state index contributed by atoms with van der Waals surface area (Å²) in [6, 6.07) is 11.2. The van der Waals surface area contributed by atoms with E-state index in [4.69, 9.17) is 16.0 Å². The molecule has 0 atom stereocenters. The fourth-order valence-corrected chi connectivity index (χ4v) is 3.70. The van der Waals surface area contributed by atoms with Crippen LogP contribution in [-0.2, 0) is 9.84 Å². The maximum absolute atomic E-state index is 13.1. The molecule has 0 unspecified atom stereocenters. The van der Waals surface area contributed by atoms with Crippen LogP contribution in [0.25, 0.3) is 11.5 Å². The topological polar surface area (TPSA) is 63.4 Å². The first-order chi connectivity index (χ1) is 11.8. The van der Waals surface area contributed by atoms with E-state index < -0.39 is 15.7 Å². The second-order valence-corrected chi connectivity index (χ2v) is 7.79. The average molecular weight is 381 g/mol. The fourth-order valence-electron chi connectivity index (χ4n) is 2.20. The summed E-state index contributed by atoms with van der Waals surface area (Å²) < 4.78 is 44.5. The molecule has 0 aliphatic carbocycles. The van der Waals surface area contributed by atoms with Gasteiger partial charge < -0.3 is 9.32 Å². The van der Waals surface area contributed by atoms with Crippen molar-refractivity contribution in [1.82, 2.24) is 4.98 Å². The molecule has 0 bridgehead atoms. The highest BCUT2D eigenvalue weighted by Crippen LogP contribution is 2.34. The van der Waals surface area contributed by atoms with Crippen molar-refractivity contribution >= 4 is 27.3 Å². The van der Waals surface area contributed by atoms with Crippen molar-refractivity contribution in [2.45, 2.75) is 9.92 Å². The lowest BCUT2D eigenvalue weighted by Crippen LogP contribution is -2.13. The van der Waals surface area contributed by atoms with Crippen molar-refractivity contribution in [3.05, 3.63) is 59.4 Å². The van der Waals surface area contributed by atoms with Crippen LogP contribution in [0.3, 0.4) is 0 Å². The molecule has 8 heteroatoms. The third-order valence-corrected chi connectivity index (χ3v) is 5.37. The number of aromatic nitrogens is 1. The van der Waals surface area contributed by atoms with Crippen molar-refractivity contribution in [3.63, 3.8) is 0 Å². The molecule has 0 radical (unpaired) electrons.